The number of para-hydroxylation sites is 1. The van der Waals surface area contributed by atoms with Gasteiger partial charge in [0.2, 0.25) is 0 Å². The number of anilines is 1. The lowest BCUT2D eigenvalue weighted by molar-refractivity contribution is 0.0571. The first-order valence-electron chi connectivity index (χ1n) is 9.45. The summed E-state index contributed by atoms with van der Waals surface area (Å²) in [4.78, 5) is 16.9. The van der Waals surface area contributed by atoms with Gasteiger partial charge in [-0.1, -0.05) is 23.7 Å². The minimum absolute atomic E-state index is 0.0361. The average molecular weight is 438 g/mol. The number of benzene rings is 2. The van der Waals surface area contributed by atoms with E-state index in [4.69, 9.17) is 11.6 Å². The van der Waals surface area contributed by atoms with Crippen molar-refractivity contribution in [2.24, 2.45) is 0 Å². The van der Waals surface area contributed by atoms with Gasteiger partial charge in [-0.15, -0.1) is 0 Å². The first-order chi connectivity index (χ1) is 13.8. The number of amides is 1. The number of hydrogen-bond donors (Lipinski definition) is 1. The van der Waals surface area contributed by atoms with Crippen LogP contribution >= 0.6 is 11.6 Å². The van der Waals surface area contributed by atoms with Gasteiger partial charge in [0.05, 0.1) is 10.7 Å². The van der Waals surface area contributed by atoms with E-state index in [1.165, 1.54) is 36.4 Å². The van der Waals surface area contributed by atoms with Crippen LogP contribution in [0.15, 0.2) is 47.4 Å². The number of nitrogens with zero attached hydrogens (tertiary/aromatic N) is 2. The van der Waals surface area contributed by atoms with E-state index in [9.17, 15) is 17.6 Å². The highest BCUT2D eigenvalue weighted by Crippen LogP contribution is 2.28. The molecule has 0 saturated carbocycles. The monoisotopic (exact) mass is 437 g/mol. The van der Waals surface area contributed by atoms with E-state index in [2.05, 4.69) is 9.62 Å². The molecule has 0 unspecified atom stereocenters. The van der Waals surface area contributed by atoms with Gasteiger partial charge < -0.3 is 4.90 Å². The summed E-state index contributed by atoms with van der Waals surface area (Å²) in [5.41, 5.74) is 0.0624. The molecule has 0 aliphatic carbocycles. The van der Waals surface area contributed by atoms with Crippen molar-refractivity contribution in [3.8, 4) is 0 Å². The molecule has 2 aromatic rings. The van der Waals surface area contributed by atoms with Crippen LogP contribution < -0.4 is 4.72 Å². The predicted octanol–water partition coefficient (Wildman–Crippen LogP) is 3.20. The molecule has 6 nitrogen and oxygen atoms in total. The molecule has 29 heavy (non-hydrogen) atoms. The first kappa shape index (κ1) is 20.1. The van der Waals surface area contributed by atoms with Crippen molar-refractivity contribution in [2.75, 3.05) is 30.9 Å². The van der Waals surface area contributed by atoms with Gasteiger partial charge >= 0.3 is 0 Å². The molecule has 0 aromatic heterocycles. The lowest BCUT2D eigenvalue weighted by Gasteiger charge is -2.37. The van der Waals surface area contributed by atoms with Crippen LogP contribution in [0.1, 0.15) is 23.2 Å². The summed E-state index contributed by atoms with van der Waals surface area (Å²) in [5, 5.41) is -0.0361. The number of fused-ring (bicyclic) bond motifs is 1. The molecule has 1 N–H and O–H groups in total. The lowest BCUT2D eigenvalue weighted by Crippen LogP contribution is -2.52. The third kappa shape index (κ3) is 4.10. The Kier molecular flexibility index (Phi) is 5.50. The zero-order valence-electron chi connectivity index (χ0n) is 15.6. The van der Waals surface area contributed by atoms with Crippen LogP contribution in [0.2, 0.25) is 5.02 Å². The van der Waals surface area contributed by atoms with Gasteiger partial charge in [-0.2, -0.15) is 0 Å². The number of carbonyl (C=O) groups excluding carboxylic acids is 1. The van der Waals surface area contributed by atoms with E-state index in [0.717, 1.165) is 32.0 Å². The molecule has 2 aliphatic heterocycles. The Balaban J connectivity index is 1.58. The number of rotatable bonds is 4. The molecule has 0 radical (unpaired) electrons. The first-order valence-corrected chi connectivity index (χ1v) is 11.3. The molecule has 0 bridgehead atoms. The predicted molar refractivity (Wildman–Crippen MR) is 109 cm³/mol. The van der Waals surface area contributed by atoms with E-state index in [1.54, 1.807) is 4.90 Å². The summed E-state index contributed by atoms with van der Waals surface area (Å²) in [6.45, 7) is 3.13. The zero-order chi connectivity index (χ0) is 20.6. The van der Waals surface area contributed by atoms with Crippen molar-refractivity contribution in [2.45, 2.75) is 23.8 Å². The fraction of sp³-hybridized carbons (Fsp3) is 0.350. The van der Waals surface area contributed by atoms with Gasteiger partial charge in [-0.25, -0.2) is 12.8 Å². The minimum atomic E-state index is -4.17. The van der Waals surface area contributed by atoms with Crippen LogP contribution in [-0.4, -0.2) is 56.3 Å². The van der Waals surface area contributed by atoms with Crippen LogP contribution in [0.25, 0.3) is 0 Å². The average Bonchev–Trinajstić information content (AvgIpc) is 3.17. The molecule has 2 aromatic carbocycles. The summed E-state index contributed by atoms with van der Waals surface area (Å²) in [5.74, 6) is -0.926. The molecule has 9 heteroatoms. The summed E-state index contributed by atoms with van der Waals surface area (Å²) in [7, 11) is -4.17. The molecule has 4 rings (SSSR count). The lowest BCUT2D eigenvalue weighted by atomic mass is 10.1. The number of halogens is 2. The summed E-state index contributed by atoms with van der Waals surface area (Å²) in [6.07, 6.45) is 2.20. The van der Waals surface area contributed by atoms with Gasteiger partial charge in [0.25, 0.3) is 15.9 Å². The Bertz CT molecular complexity index is 1050. The smallest absolute Gasteiger partial charge is 0.263 e. The summed E-state index contributed by atoms with van der Waals surface area (Å²) >= 11 is 6.11. The van der Waals surface area contributed by atoms with Crippen molar-refractivity contribution in [1.82, 2.24) is 9.80 Å². The van der Waals surface area contributed by atoms with Crippen LogP contribution in [0.3, 0.4) is 0 Å². The Morgan fingerprint density at radius 3 is 2.72 bits per heavy atom. The van der Waals surface area contributed by atoms with Gasteiger partial charge in [0.1, 0.15) is 10.7 Å². The number of hydrogen-bond acceptors (Lipinski definition) is 4. The van der Waals surface area contributed by atoms with E-state index in [1.807, 2.05) is 0 Å². The molecular formula is C20H21ClFN3O3S. The number of nitrogens with one attached hydrogen (secondary N) is 1. The number of piperazine rings is 1. The van der Waals surface area contributed by atoms with Crippen molar-refractivity contribution >= 4 is 33.2 Å². The Labute approximate surface area is 174 Å². The normalized spacial score (nSPS) is 19.8. The van der Waals surface area contributed by atoms with Gasteiger partial charge in [0.15, 0.2) is 0 Å². The van der Waals surface area contributed by atoms with E-state index in [-0.39, 0.29) is 27.1 Å². The van der Waals surface area contributed by atoms with Crippen LogP contribution in [0, 0.1) is 5.82 Å². The maximum atomic E-state index is 13.9. The van der Waals surface area contributed by atoms with Crippen molar-refractivity contribution < 1.29 is 17.6 Å². The molecule has 2 fully saturated rings. The van der Waals surface area contributed by atoms with Crippen molar-refractivity contribution in [1.29, 1.82) is 0 Å². The minimum Gasteiger partial charge on any atom is -0.336 e. The van der Waals surface area contributed by atoms with Crippen LogP contribution in [0.4, 0.5) is 10.1 Å². The quantitative estimate of drug-likeness (QED) is 0.797. The van der Waals surface area contributed by atoms with Crippen molar-refractivity contribution in [3.63, 3.8) is 0 Å². The Hall–Kier alpha value is -2.16. The highest BCUT2D eigenvalue weighted by atomic mass is 35.5. The molecular weight excluding hydrogens is 417 g/mol. The number of carbonyl (C=O) groups is 1. The third-order valence-electron chi connectivity index (χ3n) is 5.46. The highest BCUT2D eigenvalue weighted by molar-refractivity contribution is 7.92. The highest BCUT2D eigenvalue weighted by Gasteiger charge is 2.33. The van der Waals surface area contributed by atoms with E-state index < -0.39 is 15.8 Å². The fourth-order valence-corrected chi connectivity index (χ4v) is 5.54. The van der Waals surface area contributed by atoms with E-state index >= 15 is 0 Å². The van der Waals surface area contributed by atoms with E-state index in [0.29, 0.717) is 19.1 Å². The van der Waals surface area contributed by atoms with Crippen LogP contribution in [-0.2, 0) is 10.0 Å². The molecule has 1 atom stereocenters. The summed E-state index contributed by atoms with van der Waals surface area (Å²) in [6, 6.07) is 9.98. The molecule has 2 saturated heterocycles. The fourth-order valence-electron chi connectivity index (χ4n) is 3.94. The molecule has 1 amide bonds. The molecule has 154 valence electrons. The van der Waals surface area contributed by atoms with Gasteiger partial charge in [-0.3, -0.25) is 14.4 Å². The maximum absolute atomic E-state index is 13.9. The zero-order valence-corrected chi connectivity index (χ0v) is 17.2. The van der Waals surface area contributed by atoms with Crippen LogP contribution in [0.5, 0.6) is 0 Å². The second-order valence-corrected chi connectivity index (χ2v) is 9.37. The third-order valence-corrected chi connectivity index (χ3v) is 7.31. The molecule has 2 heterocycles. The second-order valence-electron chi connectivity index (χ2n) is 7.31. The standard InChI is InChI=1S/C20H21ClFN3O3S/c21-16-8-7-14(20(26)25-11-10-24-9-3-4-15(24)13-25)12-19(16)29(27,28)23-18-6-2-1-5-17(18)22/h1-2,5-8,12,15,23H,3-4,9-11,13H2/t15-/m1/s1. The van der Waals surface area contributed by atoms with Gasteiger partial charge in [-0.05, 0) is 49.7 Å². The Morgan fingerprint density at radius 1 is 1.14 bits per heavy atom. The number of sulfonamides is 1. The topological polar surface area (TPSA) is 69.7 Å². The molecule has 0 spiro atoms. The SMILES string of the molecule is O=C(c1ccc(Cl)c(S(=O)(=O)Nc2ccccc2F)c1)N1CCN2CCC[C@@H]2C1. The Morgan fingerprint density at radius 2 is 1.93 bits per heavy atom. The summed E-state index contributed by atoms with van der Waals surface area (Å²) < 4.78 is 41.6. The van der Waals surface area contributed by atoms with Gasteiger partial charge in [0, 0.05) is 31.2 Å². The maximum Gasteiger partial charge on any atom is 0.263 e. The largest absolute Gasteiger partial charge is 0.336 e. The molecule has 2 aliphatic rings. The second kappa shape index (κ2) is 7.93. The van der Waals surface area contributed by atoms with Crippen molar-refractivity contribution in [3.05, 3.63) is 58.9 Å².